The van der Waals surface area contributed by atoms with E-state index < -0.39 is 0 Å². The quantitative estimate of drug-likeness (QED) is 0.903. The third-order valence-electron chi connectivity index (χ3n) is 4.82. The second kappa shape index (κ2) is 7.20. The highest BCUT2D eigenvalue weighted by Crippen LogP contribution is 2.16. The van der Waals surface area contributed by atoms with Gasteiger partial charge in [-0.05, 0) is 51.7 Å². The number of hydrogen-bond donors (Lipinski definition) is 1. The summed E-state index contributed by atoms with van der Waals surface area (Å²) in [5.41, 5.74) is 2.37. The van der Waals surface area contributed by atoms with Crippen LogP contribution in [0.2, 0.25) is 0 Å². The Balaban J connectivity index is 1.51. The topological polar surface area (TPSA) is 65.5 Å². The molecule has 2 aliphatic heterocycles. The van der Waals surface area contributed by atoms with E-state index in [4.69, 9.17) is 0 Å². The first kappa shape index (κ1) is 16.7. The average Bonchev–Trinajstić information content (AvgIpc) is 3.08. The van der Waals surface area contributed by atoms with E-state index in [0.29, 0.717) is 18.7 Å². The number of nitrogens with zero attached hydrogens (tertiary/aromatic N) is 3. The van der Waals surface area contributed by atoms with E-state index in [9.17, 15) is 9.59 Å². The lowest BCUT2D eigenvalue weighted by molar-refractivity contribution is 0.0912. The van der Waals surface area contributed by atoms with Crippen LogP contribution in [0.25, 0.3) is 0 Å². The van der Waals surface area contributed by atoms with Crippen molar-refractivity contribution in [3.05, 3.63) is 29.1 Å². The highest BCUT2D eigenvalue weighted by Gasteiger charge is 2.28. The molecule has 6 nitrogen and oxygen atoms in total. The number of likely N-dealkylation sites (tertiary alicyclic amines) is 2. The van der Waals surface area contributed by atoms with Crippen molar-refractivity contribution in [3.63, 3.8) is 0 Å². The lowest BCUT2D eigenvalue weighted by Gasteiger charge is -2.34. The molecule has 0 bridgehead atoms. The average molecular weight is 330 g/mol. The van der Waals surface area contributed by atoms with Crippen molar-refractivity contribution in [3.8, 4) is 0 Å². The van der Waals surface area contributed by atoms with Crippen molar-refractivity contribution in [1.82, 2.24) is 20.1 Å². The van der Waals surface area contributed by atoms with Gasteiger partial charge in [-0.2, -0.15) is 0 Å². The van der Waals surface area contributed by atoms with Gasteiger partial charge in [0.05, 0.1) is 0 Å². The maximum atomic E-state index is 12.4. The van der Waals surface area contributed by atoms with Crippen LogP contribution >= 0.6 is 0 Å². The van der Waals surface area contributed by atoms with Gasteiger partial charge in [-0.3, -0.25) is 9.78 Å². The first-order valence-corrected chi connectivity index (χ1v) is 8.83. The smallest absolute Gasteiger partial charge is 0.319 e. The Kier molecular flexibility index (Phi) is 5.02. The van der Waals surface area contributed by atoms with Crippen molar-refractivity contribution in [2.45, 2.75) is 45.6 Å². The van der Waals surface area contributed by atoms with Gasteiger partial charge in [0.25, 0.3) is 5.91 Å². The summed E-state index contributed by atoms with van der Waals surface area (Å²) in [6.45, 7) is 6.99. The third-order valence-corrected chi connectivity index (χ3v) is 4.82. The van der Waals surface area contributed by atoms with Crippen molar-refractivity contribution >= 4 is 11.9 Å². The molecule has 24 heavy (non-hydrogen) atoms. The molecule has 3 rings (SSSR count). The molecule has 130 valence electrons. The monoisotopic (exact) mass is 330 g/mol. The molecule has 0 radical (unpaired) electrons. The van der Waals surface area contributed by atoms with Gasteiger partial charge in [-0.15, -0.1) is 0 Å². The Hall–Kier alpha value is -2.11. The highest BCUT2D eigenvalue weighted by atomic mass is 16.2. The first-order chi connectivity index (χ1) is 11.5. The van der Waals surface area contributed by atoms with Crippen molar-refractivity contribution in [2.24, 2.45) is 0 Å². The molecule has 2 saturated heterocycles. The van der Waals surface area contributed by atoms with Gasteiger partial charge in [0.1, 0.15) is 0 Å². The summed E-state index contributed by atoms with van der Waals surface area (Å²) in [6, 6.07) is 3.93. The van der Waals surface area contributed by atoms with E-state index in [1.165, 1.54) is 0 Å². The maximum Gasteiger partial charge on any atom is 0.319 e. The van der Waals surface area contributed by atoms with Crippen LogP contribution in [0.15, 0.2) is 12.1 Å². The van der Waals surface area contributed by atoms with Gasteiger partial charge in [0.15, 0.2) is 0 Å². The number of hydrogen-bond acceptors (Lipinski definition) is 3. The van der Waals surface area contributed by atoms with Crippen LogP contribution in [0.4, 0.5) is 4.79 Å². The minimum Gasteiger partial charge on any atom is -0.349 e. The number of rotatable bonds is 2. The first-order valence-electron chi connectivity index (χ1n) is 8.83. The molecule has 3 amide bonds. The molecule has 0 aromatic carbocycles. The molecule has 1 aromatic rings. The van der Waals surface area contributed by atoms with Crippen LogP contribution in [-0.4, -0.2) is 58.9 Å². The largest absolute Gasteiger partial charge is 0.349 e. The van der Waals surface area contributed by atoms with Crippen LogP contribution in [-0.2, 0) is 0 Å². The molecule has 0 saturated carbocycles. The molecule has 0 atom stereocenters. The number of piperidine rings is 1. The summed E-state index contributed by atoms with van der Waals surface area (Å²) in [5, 5.41) is 3.10. The van der Waals surface area contributed by atoms with E-state index >= 15 is 0 Å². The minimum absolute atomic E-state index is 0.0482. The number of aryl methyl sites for hydroxylation is 2. The normalized spacial score (nSPS) is 18.8. The summed E-state index contributed by atoms with van der Waals surface area (Å²) in [5.74, 6) is -0.0482. The van der Waals surface area contributed by atoms with E-state index in [1.807, 2.05) is 35.8 Å². The number of urea groups is 1. The summed E-state index contributed by atoms with van der Waals surface area (Å²) >= 11 is 0. The molecule has 0 unspecified atom stereocenters. The summed E-state index contributed by atoms with van der Waals surface area (Å²) in [7, 11) is 0. The van der Waals surface area contributed by atoms with Gasteiger partial charge in [0, 0.05) is 49.2 Å². The molecule has 2 fully saturated rings. The number of nitrogens with one attached hydrogen (secondary N) is 1. The zero-order valence-electron chi connectivity index (χ0n) is 14.5. The maximum absolute atomic E-state index is 12.4. The Morgan fingerprint density at radius 3 is 2.12 bits per heavy atom. The second-order valence-electron chi connectivity index (χ2n) is 6.85. The fourth-order valence-electron chi connectivity index (χ4n) is 3.56. The van der Waals surface area contributed by atoms with Crippen LogP contribution in [0.3, 0.4) is 0 Å². The molecule has 0 spiro atoms. The molecule has 1 aromatic heterocycles. The van der Waals surface area contributed by atoms with E-state index in [2.05, 4.69) is 10.3 Å². The SMILES string of the molecule is Cc1cc(C(=O)NC2CCN(C(=O)N3CCCC3)CC2)cc(C)n1. The molecular weight excluding hydrogens is 304 g/mol. The Morgan fingerprint density at radius 2 is 1.54 bits per heavy atom. The predicted octanol–water partition coefficient (Wildman–Crippen LogP) is 2.11. The van der Waals surface area contributed by atoms with Crippen molar-refractivity contribution < 1.29 is 9.59 Å². The van der Waals surface area contributed by atoms with Gasteiger partial charge in [-0.1, -0.05) is 0 Å². The second-order valence-corrected chi connectivity index (χ2v) is 6.85. The summed E-state index contributed by atoms with van der Waals surface area (Å²) in [4.78, 5) is 33.0. The number of amides is 3. The van der Waals surface area contributed by atoms with Crippen LogP contribution in [0.1, 0.15) is 47.4 Å². The molecule has 3 heterocycles. The molecule has 2 aliphatic rings. The fraction of sp³-hybridized carbons (Fsp3) is 0.611. The number of pyridine rings is 1. The zero-order chi connectivity index (χ0) is 17.1. The van der Waals surface area contributed by atoms with Crippen LogP contribution in [0.5, 0.6) is 0 Å². The number of carbonyl (C=O) groups excluding carboxylic acids is 2. The van der Waals surface area contributed by atoms with Crippen molar-refractivity contribution in [1.29, 1.82) is 0 Å². The van der Waals surface area contributed by atoms with Gasteiger partial charge in [0.2, 0.25) is 0 Å². The summed E-state index contributed by atoms with van der Waals surface area (Å²) < 4.78 is 0. The Labute approximate surface area is 143 Å². The van der Waals surface area contributed by atoms with Gasteiger partial charge < -0.3 is 15.1 Å². The standard InChI is InChI=1S/C18H26N4O2/c1-13-11-15(12-14(2)19-13)17(23)20-16-5-9-22(10-6-16)18(24)21-7-3-4-8-21/h11-12,16H,3-10H2,1-2H3,(H,20,23). The lowest BCUT2D eigenvalue weighted by Crippen LogP contribution is -2.50. The fourth-order valence-corrected chi connectivity index (χ4v) is 3.56. The van der Waals surface area contributed by atoms with E-state index in [-0.39, 0.29) is 18.0 Å². The molecular formula is C18H26N4O2. The van der Waals surface area contributed by atoms with Crippen molar-refractivity contribution in [2.75, 3.05) is 26.2 Å². The number of aromatic nitrogens is 1. The minimum atomic E-state index is -0.0482. The zero-order valence-corrected chi connectivity index (χ0v) is 14.5. The molecule has 1 N–H and O–H groups in total. The number of carbonyl (C=O) groups is 2. The van der Waals surface area contributed by atoms with Gasteiger partial charge >= 0.3 is 6.03 Å². The lowest BCUT2D eigenvalue weighted by atomic mass is 10.0. The van der Waals surface area contributed by atoms with Crippen LogP contribution in [0, 0.1) is 13.8 Å². The van der Waals surface area contributed by atoms with Crippen LogP contribution < -0.4 is 5.32 Å². The predicted molar refractivity (Wildman–Crippen MR) is 92.0 cm³/mol. The highest BCUT2D eigenvalue weighted by molar-refractivity contribution is 5.94. The van der Waals surface area contributed by atoms with E-state index in [1.54, 1.807) is 0 Å². The Bertz CT molecular complexity index is 597. The Morgan fingerprint density at radius 1 is 1.00 bits per heavy atom. The third kappa shape index (κ3) is 3.86. The summed E-state index contributed by atoms with van der Waals surface area (Å²) in [6.07, 6.45) is 3.86. The van der Waals surface area contributed by atoms with Gasteiger partial charge in [-0.25, -0.2) is 4.79 Å². The van der Waals surface area contributed by atoms with E-state index in [0.717, 1.165) is 50.2 Å². The molecule has 6 heteroatoms. The molecule has 0 aliphatic carbocycles.